The molecule has 0 saturated heterocycles. The summed E-state index contributed by atoms with van der Waals surface area (Å²) in [5.41, 5.74) is 2.51. The molecular formula is C30H49BrO2. The normalized spacial score (nSPS) is 41.1. The molecule has 4 rings (SSSR count). The Labute approximate surface area is 212 Å². The fourth-order valence-corrected chi connectivity index (χ4v) is 9.40. The number of ether oxygens (including phenoxy) is 1. The zero-order valence-corrected chi connectivity index (χ0v) is 23.6. The summed E-state index contributed by atoms with van der Waals surface area (Å²) in [6, 6.07) is 0. The summed E-state index contributed by atoms with van der Waals surface area (Å²) in [6.07, 6.45) is 17.7. The van der Waals surface area contributed by atoms with E-state index in [0.29, 0.717) is 22.6 Å². The van der Waals surface area contributed by atoms with E-state index in [1.165, 1.54) is 57.8 Å². The van der Waals surface area contributed by atoms with Gasteiger partial charge in [-0.1, -0.05) is 81.5 Å². The maximum atomic E-state index is 12.1. The van der Waals surface area contributed by atoms with Crippen LogP contribution in [0.25, 0.3) is 0 Å². The van der Waals surface area contributed by atoms with Crippen LogP contribution in [0.15, 0.2) is 11.6 Å². The summed E-state index contributed by atoms with van der Waals surface area (Å²) in [6.45, 7) is 12.6. The molecule has 0 radical (unpaired) electrons. The molecule has 4 aliphatic rings. The predicted octanol–water partition coefficient (Wildman–Crippen LogP) is 8.72. The summed E-state index contributed by atoms with van der Waals surface area (Å²) in [5, 5.41) is 0.695. The number of esters is 1. The Balaban J connectivity index is 1.43. The van der Waals surface area contributed by atoms with Crippen LogP contribution in [0.4, 0.5) is 0 Å². The predicted molar refractivity (Wildman–Crippen MR) is 141 cm³/mol. The number of carbonyl (C=O) groups is 1. The minimum absolute atomic E-state index is 0.0392. The van der Waals surface area contributed by atoms with Crippen LogP contribution in [0.3, 0.4) is 0 Å². The number of hydrogen-bond donors (Lipinski definition) is 0. The summed E-state index contributed by atoms with van der Waals surface area (Å²) in [7, 11) is 0. The van der Waals surface area contributed by atoms with Gasteiger partial charge >= 0.3 is 5.97 Å². The second-order valence-corrected chi connectivity index (χ2v) is 13.9. The van der Waals surface area contributed by atoms with Gasteiger partial charge in [0.1, 0.15) is 6.10 Å². The molecule has 2 nitrogen and oxygen atoms in total. The Bertz CT molecular complexity index is 729. The van der Waals surface area contributed by atoms with Gasteiger partial charge in [-0.25, -0.2) is 0 Å². The van der Waals surface area contributed by atoms with E-state index < -0.39 is 0 Å². The van der Waals surface area contributed by atoms with E-state index in [1.54, 1.807) is 5.57 Å². The first-order valence-electron chi connectivity index (χ1n) is 14.1. The molecule has 0 aliphatic heterocycles. The Kier molecular flexibility index (Phi) is 8.09. The highest BCUT2D eigenvalue weighted by Gasteiger charge is 2.59. The maximum absolute atomic E-state index is 12.1. The highest BCUT2D eigenvalue weighted by molar-refractivity contribution is 9.09. The van der Waals surface area contributed by atoms with Gasteiger partial charge in [0, 0.05) is 11.8 Å². The minimum atomic E-state index is -0.0392. The summed E-state index contributed by atoms with van der Waals surface area (Å²) < 4.78 is 5.82. The van der Waals surface area contributed by atoms with Crippen LogP contribution in [0, 0.1) is 46.3 Å². The average Bonchev–Trinajstić information content (AvgIpc) is 3.11. The van der Waals surface area contributed by atoms with Gasteiger partial charge in [0.2, 0.25) is 0 Å². The van der Waals surface area contributed by atoms with Crippen molar-refractivity contribution in [2.45, 2.75) is 118 Å². The molecule has 8 atom stereocenters. The summed E-state index contributed by atoms with van der Waals surface area (Å²) >= 11 is 3.36. The monoisotopic (exact) mass is 520 g/mol. The molecule has 0 aromatic rings. The number of alkyl halides is 1. The largest absolute Gasteiger partial charge is 0.462 e. The first-order chi connectivity index (χ1) is 15.7. The van der Waals surface area contributed by atoms with Gasteiger partial charge in [0.05, 0.1) is 6.42 Å². The van der Waals surface area contributed by atoms with Gasteiger partial charge in [-0.15, -0.1) is 0 Å². The molecule has 0 aromatic carbocycles. The van der Waals surface area contributed by atoms with Crippen molar-refractivity contribution in [3.8, 4) is 0 Å². The fourth-order valence-electron chi connectivity index (χ4n) is 9.07. The van der Waals surface area contributed by atoms with Crippen molar-refractivity contribution in [3.05, 3.63) is 11.6 Å². The average molecular weight is 522 g/mol. The van der Waals surface area contributed by atoms with E-state index in [0.717, 1.165) is 48.3 Å². The smallest absolute Gasteiger partial charge is 0.306 e. The molecule has 0 N–H and O–H groups in total. The minimum Gasteiger partial charge on any atom is -0.462 e. The van der Waals surface area contributed by atoms with Crippen LogP contribution in [-0.2, 0) is 9.53 Å². The lowest BCUT2D eigenvalue weighted by atomic mass is 9.47. The van der Waals surface area contributed by atoms with E-state index in [4.69, 9.17) is 4.74 Å². The molecule has 188 valence electrons. The lowest BCUT2D eigenvalue weighted by Gasteiger charge is -2.58. The van der Waals surface area contributed by atoms with Gasteiger partial charge in [0.25, 0.3) is 0 Å². The number of allylic oxidation sites excluding steroid dienone is 1. The first kappa shape index (κ1) is 25.8. The number of rotatable bonds is 8. The van der Waals surface area contributed by atoms with Gasteiger partial charge in [-0.3, -0.25) is 4.79 Å². The van der Waals surface area contributed by atoms with E-state index >= 15 is 0 Å². The summed E-state index contributed by atoms with van der Waals surface area (Å²) in [4.78, 5) is 12.1. The number of carbonyl (C=O) groups excluding carboxylic acids is 1. The SMILES string of the molecule is CC(C)CCC[C@@H](C)[C@H]1CCC2C3CC=C4C[C@@H](OC(=O)CCBr)CC[C@]4(C)C3CC[C@@]21C. The molecule has 3 heteroatoms. The lowest BCUT2D eigenvalue weighted by molar-refractivity contribution is -0.151. The standard InChI is InChI=1S/C30H49BrO2/c1-20(2)7-6-8-21(3)25-11-12-26-24-10-9-22-19-23(33-28(32)15-18-31)13-16-29(22,4)27(24)14-17-30(25,26)5/h9,20-21,23-27H,6-8,10-19H2,1-5H3/t21-,23+,24?,25-,26?,27?,29+,30-/m1/s1. The third-order valence-corrected chi connectivity index (χ3v) is 11.3. The van der Waals surface area contributed by atoms with E-state index in [1.807, 2.05) is 0 Å². The van der Waals surface area contributed by atoms with Crippen molar-refractivity contribution in [2.75, 3.05) is 5.33 Å². The highest BCUT2D eigenvalue weighted by atomic mass is 79.9. The Morgan fingerprint density at radius 1 is 1.09 bits per heavy atom. The number of hydrogen-bond acceptors (Lipinski definition) is 2. The topological polar surface area (TPSA) is 26.3 Å². The van der Waals surface area contributed by atoms with E-state index in [2.05, 4.69) is 56.6 Å². The molecule has 3 saturated carbocycles. The lowest BCUT2D eigenvalue weighted by Crippen LogP contribution is -2.51. The van der Waals surface area contributed by atoms with Crippen LogP contribution >= 0.6 is 15.9 Å². The molecule has 3 unspecified atom stereocenters. The van der Waals surface area contributed by atoms with Crippen LogP contribution in [0.2, 0.25) is 0 Å². The van der Waals surface area contributed by atoms with Gasteiger partial charge < -0.3 is 4.74 Å². The van der Waals surface area contributed by atoms with Gasteiger partial charge in [0.15, 0.2) is 0 Å². The van der Waals surface area contributed by atoms with Crippen LogP contribution in [0.1, 0.15) is 112 Å². The van der Waals surface area contributed by atoms with Crippen LogP contribution < -0.4 is 0 Å². The molecular weight excluding hydrogens is 472 g/mol. The van der Waals surface area contributed by atoms with Crippen molar-refractivity contribution in [2.24, 2.45) is 46.3 Å². The quantitative estimate of drug-likeness (QED) is 0.181. The molecule has 3 fully saturated rings. The molecule has 0 heterocycles. The number of fused-ring (bicyclic) bond motifs is 5. The van der Waals surface area contributed by atoms with Crippen molar-refractivity contribution in [1.29, 1.82) is 0 Å². The molecule has 33 heavy (non-hydrogen) atoms. The Morgan fingerprint density at radius 3 is 2.61 bits per heavy atom. The fraction of sp³-hybridized carbons (Fsp3) is 0.900. The van der Waals surface area contributed by atoms with Gasteiger partial charge in [-0.2, -0.15) is 0 Å². The van der Waals surface area contributed by atoms with E-state index in [-0.39, 0.29) is 12.1 Å². The highest BCUT2D eigenvalue weighted by Crippen LogP contribution is 2.67. The molecule has 0 spiro atoms. The molecule has 0 aromatic heterocycles. The molecule has 4 aliphatic carbocycles. The maximum Gasteiger partial charge on any atom is 0.306 e. The molecule has 0 amide bonds. The van der Waals surface area contributed by atoms with Crippen LogP contribution in [-0.4, -0.2) is 17.4 Å². The molecule has 0 bridgehead atoms. The zero-order valence-electron chi connectivity index (χ0n) is 22.0. The van der Waals surface area contributed by atoms with Crippen LogP contribution in [0.5, 0.6) is 0 Å². The van der Waals surface area contributed by atoms with Crippen molar-refractivity contribution in [1.82, 2.24) is 0 Å². The Hall–Kier alpha value is -0.310. The second kappa shape index (κ2) is 10.4. The van der Waals surface area contributed by atoms with Crippen molar-refractivity contribution >= 4 is 21.9 Å². The van der Waals surface area contributed by atoms with Gasteiger partial charge in [-0.05, 0) is 91.3 Å². The number of halogens is 1. The summed E-state index contributed by atoms with van der Waals surface area (Å²) in [5.74, 6) is 5.23. The third kappa shape index (κ3) is 5.01. The third-order valence-electron chi connectivity index (χ3n) is 10.9. The zero-order chi connectivity index (χ0) is 23.8. The first-order valence-corrected chi connectivity index (χ1v) is 15.3. The second-order valence-electron chi connectivity index (χ2n) is 13.1. The Morgan fingerprint density at radius 2 is 1.88 bits per heavy atom. The van der Waals surface area contributed by atoms with Crippen molar-refractivity contribution < 1.29 is 9.53 Å². The van der Waals surface area contributed by atoms with Crippen molar-refractivity contribution in [3.63, 3.8) is 0 Å². The van der Waals surface area contributed by atoms with E-state index in [9.17, 15) is 4.79 Å².